The highest BCUT2D eigenvalue weighted by atomic mass is 16.4. The Kier molecular flexibility index (Phi) is 4.61. The number of carbonyl (C=O) groups is 2. The van der Waals surface area contributed by atoms with E-state index in [2.05, 4.69) is 10.2 Å². The third kappa shape index (κ3) is 3.42. The molecule has 0 atom stereocenters. The van der Waals surface area contributed by atoms with Crippen LogP contribution in [0, 0.1) is 6.92 Å². The lowest BCUT2D eigenvalue weighted by Gasteiger charge is -2.39. The molecule has 1 amide bonds. The smallest absolute Gasteiger partial charge is 0.331 e. The van der Waals surface area contributed by atoms with Crippen molar-refractivity contribution in [2.75, 3.05) is 13.1 Å². The molecule has 0 radical (unpaired) electrons. The molecular formula is C17H23N5O3. The number of piperidine rings is 1. The monoisotopic (exact) mass is 345 g/mol. The van der Waals surface area contributed by atoms with Gasteiger partial charge in [0, 0.05) is 51.8 Å². The summed E-state index contributed by atoms with van der Waals surface area (Å²) in [4.78, 5) is 26.1. The number of aromatic nitrogens is 4. The Labute approximate surface area is 146 Å². The number of hydrogen-bond donors (Lipinski definition) is 1. The molecule has 1 aliphatic rings. The van der Waals surface area contributed by atoms with Gasteiger partial charge < -0.3 is 10.0 Å². The van der Waals surface area contributed by atoms with Crippen molar-refractivity contribution in [2.45, 2.75) is 38.1 Å². The van der Waals surface area contributed by atoms with Crippen molar-refractivity contribution in [2.24, 2.45) is 7.05 Å². The van der Waals surface area contributed by atoms with Crippen LogP contribution in [0.25, 0.3) is 0 Å². The van der Waals surface area contributed by atoms with Crippen LogP contribution in [0.5, 0.6) is 0 Å². The molecule has 8 heteroatoms. The average Bonchev–Trinajstić information content (AvgIpc) is 3.21. The number of amides is 1. The van der Waals surface area contributed by atoms with Gasteiger partial charge >= 0.3 is 5.97 Å². The summed E-state index contributed by atoms with van der Waals surface area (Å²) >= 11 is 0. The molecule has 2 aromatic heterocycles. The second-order valence-corrected chi connectivity index (χ2v) is 6.70. The first-order chi connectivity index (χ1) is 11.9. The van der Waals surface area contributed by atoms with E-state index in [1.165, 1.54) is 0 Å². The number of carboxylic acids is 1. The number of rotatable bonds is 5. The van der Waals surface area contributed by atoms with E-state index >= 15 is 0 Å². The average molecular weight is 345 g/mol. The Balaban J connectivity index is 1.61. The summed E-state index contributed by atoms with van der Waals surface area (Å²) in [5.41, 5.74) is 0.893. The van der Waals surface area contributed by atoms with E-state index in [4.69, 9.17) is 0 Å². The molecule has 8 nitrogen and oxygen atoms in total. The first-order valence-electron chi connectivity index (χ1n) is 8.41. The van der Waals surface area contributed by atoms with E-state index in [9.17, 15) is 14.7 Å². The maximum Gasteiger partial charge on any atom is 0.331 e. The summed E-state index contributed by atoms with van der Waals surface area (Å²) in [5, 5.41) is 18.1. The molecular weight excluding hydrogens is 322 g/mol. The summed E-state index contributed by atoms with van der Waals surface area (Å²) in [6.07, 6.45) is 8.87. The first-order valence-corrected chi connectivity index (χ1v) is 8.41. The quantitative estimate of drug-likeness (QED) is 0.871. The third-order valence-electron chi connectivity index (χ3n) is 4.88. The summed E-state index contributed by atoms with van der Waals surface area (Å²) in [6, 6.07) is 0. The Hall–Kier alpha value is -2.64. The molecule has 0 aromatic carbocycles. The van der Waals surface area contributed by atoms with Crippen LogP contribution in [-0.4, -0.2) is 54.5 Å². The highest BCUT2D eigenvalue weighted by molar-refractivity contribution is 5.79. The van der Waals surface area contributed by atoms with Crippen LogP contribution in [0.3, 0.4) is 0 Å². The van der Waals surface area contributed by atoms with Crippen LogP contribution in [0.1, 0.15) is 30.4 Å². The molecule has 2 aromatic rings. The van der Waals surface area contributed by atoms with E-state index < -0.39 is 11.5 Å². The maximum atomic E-state index is 12.4. The molecule has 25 heavy (non-hydrogen) atoms. The number of hydrogen-bond acceptors (Lipinski definition) is 4. The van der Waals surface area contributed by atoms with Gasteiger partial charge in [-0.15, -0.1) is 0 Å². The third-order valence-corrected chi connectivity index (χ3v) is 4.88. The lowest BCUT2D eigenvalue weighted by Crippen LogP contribution is -2.52. The van der Waals surface area contributed by atoms with Gasteiger partial charge in [0.15, 0.2) is 5.54 Å². The van der Waals surface area contributed by atoms with Crippen molar-refractivity contribution in [3.63, 3.8) is 0 Å². The predicted molar refractivity (Wildman–Crippen MR) is 89.9 cm³/mol. The zero-order valence-corrected chi connectivity index (χ0v) is 14.6. The van der Waals surface area contributed by atoms with Crippen LogP contribution >= 0.6 is 0 Å². The SMILES string of the molecule is Cc1cnn(C2(C(=O)O)CCN(C(=O)CCc3cnn(C)c3)CC2)c1. The second-order valence-electron chi connectivity index (χ2n) is 6.70. The van der Waals surface area contributed by atoms with Crippen LogP contribution in [0.4, 0.5) is 0 Å². The van der Waals surface area contributed by atoms with E-state index in [1.807, 2.05) is 20.2 Å². The summed E-state index contributed by atoms with van der Waals surface area (Å²) in [6.45, 7) is 2.74. The maximum absolute atomic E-state index is 12.4. The lowest BCUT2D eigenvalue weighted by molar-refractivity contribution is -0.153. The molecule has 1 fully saturated rings. The molecule has 134 valence electrons. The van der Waals surface area contributed by atoms with E-state index in [0.717, 1.165) is 11.1 Å². The fourth-order valence-corrected chi connectivity index (χ4v) is 3.32. The van der Waals surface area contributed by atoms with Gasteiger partial charge in [0.2, 0.25) is 5.91 Å². The molecule has 3 heterocycles. The highest BCUT2D eigenvalue weighted by Crippen LogP contribution is 2.30. The number of carbonyl (C=O) groups excluding carboxylic acids is 1. The fraction of sp³-hybridized carbons (Fsp3) is 0.529. The molecule has 1 N–H and O–H groups in total. The zero-order valence-electron chi connectivity index (χ0n) is 14.6. The Morgan fingerprint density at radius 1 is 1.20 bits per heavy atom. The molecule has 0 unspecified atom stereocenters. The van der Waals surface area contributed by atoms with Crippen molar-refractivity contribution in [1.29, 1.82) is 0 Å². The minimum atomic E-state index is -1.06. The summed E-state index contributed by atoms with van der Waals surface area (Å²) in [5.74, 6) is -0.836. The van der Waals surface area contributed by atoms with Crippen molar-refractivity contribution in [1.82, 2.24) is 24.5 Å². The Bertz CT molecular complexity index is 771. The van der Waals surface area contributed by atoms with Gasteiger partial charge in [-0.3, -0.25) is 14.2 Å². The van der Waals surface area contributed by atoms with E-state index in [1.54, 1.807) is 32.9 Å². The molecule has 0 saturated carbocycles. The van der Waals surface area contributed by atoms with Gasteiger partial charge in [0.25, 0.3) is 0 Å². The minimum Gasteiger partial charge on any atom is -0.479 e. The second kappa shape index (κ2) is 6.70. The summed E-state index contributed by atoms with van der Waals surface area (Å²) < 4.78 is 3.26. The fourth-order valence-electron chi connectivity index (χ4n) is 3.32. The van der Waals surface area contributed by atoms with Crippen LogP contribution in [0.2, 0.25) is 0 Å². The number of likely N-dealkylation sites (tertiary alicyclic amines) is 1. The molecule has 1 saturated heterocycles. The topological polar surface area (TPSA) is 93.2 Å². The number of carboxylic acid groups (broad SMARTS) is 1. The van der Waals surface area contributed by atoms with Gasteiger partial charge in [-0.05, 0) is 24.5 Å². The normalized spacial score (nSPS) is 16.8. The summed E-state index contributed by atoms with van der Waals surface area (Å²) in [7, 11) is 1.85. The largest absolute Gasteiger partial charge is 0.479 e. The molecule has 3 rings (SSSR count). The van der Waals surface area contributed by atoms with Crippen LogP contribution in [0.15, 0.2) is 24.8 Å². The Morgan fingerprint density at radius 2 is 1.92 bits per heavy atom. The van der Waals surface area contributed by atoms with Gasteiger partial charge in [-0.1, -0.05) is 0 Å². The molecule has 0 aliphatic carbocycles. The standard InChI is InChI=1S/C17H23N5O3/c1-13-9-19-22(11-13)17(16(24)25)5-7-21(8-6-17)15(23)4-3-14-10-18-20(2)12-14/h9-12H,3-8H2,1-2H3,(H,24,25). The first kappa shape index (κ1) is 17.2. The van der Waals surface area contributed by atoms with Crippen LogP contribution in [-0.2, 0) is 28.6 Å². The lowest BCUT2D eigenvalue weighted by atomic mass is 9.87. The molecule has 0 bridgehead atoms. The van der Waals surface area contributed by atoms with Crippen molar-refractivity contribution in [3.8, 4) is 0 Å². The number of aryl methyl sites for hydroxylation is 3. The highest BCUT2D eigenvalue weighted by Gasteiger charge is 2.44. The zero-order chi connectivity index (χ0) is 18.0. The van der Waals surface area contributed by atoms with Crippen molar-refractivity contribution in [3.05, 3.63) is 35.9 Å². The van der Waals surface area contributed by atoms with E-state index in [0.29, 0.717) is 38.8 Å². The van der Waals surface area contributed by atoms with Crippen LogP contribution < -0.4 is 0 Å². The van der Waals surface area contributed by atoms with Gasteiger partial charge in [-0.25, -0.2) is 4.79 Å². The van der Waals surface area contributed by atoms with Crippen molar-refractivity contribution < 1.29 is 14.7 Å². The minimum absolute atomic E-state index is 0.0551. The van der Waals surface area contributed by atoms with E-state index in [-0.39, 0.29) is 5.91 Å². The van der Waals surface area contributed by atoms with Gasteiger partial charge in [0.05, 0.1) is 12.4 Å². The predicted octanol–water partition coefficient (Wildman–Crippen LogP) is 0.960. The molecule has 0 spiro atoms. The number of aliphatic carboxylic acids is 1. The Morgan fingerprint density at radius 3 is 2.44 bits per heavy atom. The van der Waals surface area contributed by atoms with Gasteiger partial charge in [-0.2, -0.15) is 10.2 Å². The van der Waals surface area contributed by atoms with Crippen molar-refractivity contribution >= 4 is 11.9 Å². The number of nitrogens with zero attached hydrogens (tertiary/aromatic N) is 5. The van der Waals surface area contributed by atoms with Gasteiger partial charge in [0.1, 0.15) is 0 Å². The molecule has 1 aliphatic heterocycles.